The average Bonchev–Trinajstić information content (AvgIpc) is 3.22. The van der Waals surface area contributed by atoms with Gasteiger partial charge in [0.1, 0.15) is 0 Å². The first-order chi connectivity index (χ1) is 11.6. The van der Waals surface area contributed by atoms with E-state index in [9.17, 15) is 4.79 Å². The first-order valence-corrected chi connectivity index (χ1v) is 8.79. The molecule has 24 heavy (non-hydrogen) atoms. The number of rotatable bonds is 6. The smallest absolute Gasteiger partial charge is 0.272 e. The summed E-state index contributed by atoms with van der Waals surface area (Å²) in [6, 6.07) is 8.69. The van der Waals surface area contributed by atoms with Gasteiger partial charge in [-0.3, -0.25) is 4.79 Å². The Bertz CT molecular complexity index is 718. The number of likely N-dealkylation sites (N-methyl/N-ethyl adjacent to an activating group) is 1. The van der Waals surface area contributed by atoms with E-state index < -0.39 is 0 Å². The quantitative estimate of drug-likeness (QED) is 0.856. The van der Waals surface area contributed by atoms with Gasteiger partial charge in [0.25, 0.3) is 5.91 Å². The number of fused-ring (bicyclic) bond motifs is 1. The molecule has 1 aromatic carbocycles. The molecule has 1 atom stereocenters. The van der Waals surface area contributed by atoms with Crippen LogP contribution in [0.2, 0.25) is 0 Å². The second kappa shape index (κ2) is 7.18. The van der Waals surface area contributed by atoms with Crippen molar-refractivity contribution in [3.8, 4) is 5.69 Å². The molecule has 5 heteroatoms. The van der Waals surface area contributed by atoms with Gasteiger partial charge >= 0.3 is 0 Å². The largest absolute Gasteiger partial charge is 0.349 e. The third kappa shape index (κ3) is 3.22. The van der Waals surface area contributed by atoms with Crippen molar-refractivity contribution in [2.45, 2.75) is 45.6 Å². The maximum atomic E-state index is 12.6. The highest BCUT2D eigenvalue weighted by atomic mass is 16.2. The molecule has 1 aromatic heterocycles. The van der Waals surface area contributed by atoms with Crippen molar-refractivity contribution in [1.82, 2.24) is 20.4 Å². The Hall–Kier alpha value is -2.14. The van der Waals surface area contributed by atoms with E-state index in [4.69, 9.17) is 0 Å². The molecule has 0 saturated carbocycles. The van der Waals surface area contributed by atoms with Gasteiger partial charge in [0.2, 0.25) is 0 Å². The van der Waals surface area contributed by atoms with Crippen LogP contribution in [-0.4, -0.2) is 35.3 Å². The fourth-order valence-electron chi connectivity index (χ4n) is 3.14. The van der Waals surface area contributed by atoms with Crippen LogP contribution in [0.4, 0.5) is 0 Å². The normalized spacial score (nSPS) is 14.5. The number of carbonyl (C=O) groups is 1. The lowest BCUT2D eigenvalue weighted by atomic mass is 10.1. The van der Waals surface area contributed by atoms with Crippen molar-refractivity contribution >= 4 is 5.91 Å². The van der Waals surface area contributed by atoms with Crippen molar-refractivity contribution in [3.05, 3.63) is 46.8 Å². The second-order valence-corrected chi connectivity index (χ2v) is 6.46. The molecule has 1 amide bonds. The number of amides is 1. The number of benzene rings is 1. The lowest BCUT2D eigenvalue weighted by Gasteiger charge is -2.10. The van der Waals surface area contributed by atoms with Crippen LogP contribution in [0.3, 0.4) is 0 Å². The van der Waals surface area contributed by atoms with E-state index in [0.29, 0.717) is 12.2 Å². The van der Waals surface area contributed by atoms with Crippen LogP contribution in [0.1, 0.15) is 47.6 Å². The van der Waals surface area contributed by atoms with E-state index in [1.54, 1.807) is 0 Å². The van der Waals surface area contributed by atoms with Crippen LogP contribution in [0.5, 0.6) is 0 Å². The van der Waals surface area contributed by atoms with Gasteiger partial charge in [-0.05, 0) is 57.4 Å². The van der Waals surface area contributed by atoms with Crippen LogP contribution < -0.4 is 10.6 Å². The molecule has 128 valence electrons. The Kier molecular flexibility index (Phi) is 5.00. The molecule has 0 aliphatic heterocycles. The highest BCUT2D eigenvalue weighted by molar-refractivity contribution is 5.94. The third-order valence-electron chi connectivity index (χ3n) is 4.80. The summed E-state index contributed by atoms with van der Waals surface area (Å²) in [5.41, 5.74) is 5.23. The molecule has 1 heterocycles. The number of nitrogens with one attached hydrogen (secondary N) is 2. The van der Waals surface area contributed by atoms with Crippen molar-refractivity contribution < 1.29 is 4.79 Å². The summed E-state index contributed by atoms with van der Waals surface area (Å²) in [5.74, 6) is -0.0702. The van der Waals surface area contributed by atoms with Crippen molar-refractivity contribution in [2.75, 3.05) is 13.6 Å². The van der Waals surface area contributed by atoms with Crippen LogP contribution in [0.15, 0.2) is 24.3 Å². The fraction of sp³-hybridized carbons (Fsp3) is 0.474. The minimum atomic E-state index is -0.0702. The summed E-state index contributed by atoms with van der Waals surface area (Å²) < 4.78 is 1.96. The molecular weight excluding hydrogens is 300 g/mol. The molecule has 5 nitrogen and oxygen atoms in total. The second-order valence-electron chi connectivity index (χ2n) is 6.46. The number of hydrogen-bond acceptors (Lipinski definition) is 3. The predicted molar refractivity (Wildman–Crippen MR) is 95.8 cm³/mol. The molecular formula is C19H26N4O. The number of aryl methyl sites for hydroxylation is 1. The summed E-state index contributed by atoms with van der Waals surface area (Å²) in [4.78, 5) is 12.6. The summed E-state index contributed by atoms with van der Waals surface area (Å²) in [6.07, 6.45) is 4.03. The van der Waals surface area contributed by atoms with E-state index in [-0.39, 0.29) is 11.9 Å². The van der Waals surface area contributed by atoms with Gasteiger partial charge in [-0.1, -0.05) is 19.1 Å². The van der Waals surface area contributed by atoms with Crippen LogP contribution in [-0.2, 0) is 19.3 Å². The van der Waals surface area contributed by atoms with E-state index in [0.717, 1.165) is 36.9 Å². The maximum Gasteiger partial charge on any atom is 0.272 e. The number of nitrogens with zero attached hydrogens (tertiary/aromatic N) is 2. The molecule has 2 aromatic rings. The van der Waals surface area contributed by atoms with Gasteiger partial charge in [-0.2, -0.15) is 5.10 Å². The van der Waals surface area contributed by atoms with Crippen LogP contribution in [0, 0.1) is 0 Å². The molecule has 2 N–H and O–H groups in total. The van der Waals surface area contributed by atoms with E-state index in [1.165, 1.54) is 11.3 Å². The van der Waals surface area contributed by atoms with E-state index in [2.05, 4.69) is 46.9 Å². The zero-order chi connectivity index (χ0) is 17.1. The zero-order valence-electron chi connectivity index (χ0n) is 14.7. The first kappa shape index (κ1) is 16.7. The minimum absolute atomic E-state index is 0.0702. The summed E-state index contributed by atoms with van der Waals surface area (Å²) >= 11 is 0. The molecule has 3 rings (SSSR count). The highest BCUT2D eigenvalue weighted by Crippen LogP contribution is 2.28. The molecule has 0 radical (unpaired) electrons. The molecule has 0 spiro atoms. The molecule has 1 unspecified atom stereocenters. The lowest BCUT2D eigenvalue weighted by Crippen LogP contribution is -2.37. The van der Waals surface area contributed by atoms with Gasteiger partial charge in [-0.15, -0.1) is 0 Å². The molecule has 0 bridgehead atoms. The standard InChI is InChI=1S/C19H26N4O/c1-4-14-8-10-15(11-9-14)23-17-7-5-6-16(17)18(22-23)19(24)21-12-13(2)20-3/h8-11,13,20H,4-7,12H2,1-3H3,(H,21,24). The monoisotopic (exact) mass is 326 g/mol. The molecule has 0 fully saturated rings. The van der Waals surface area contributed by atoms with Crippen LogP contribution in [0.25, 0.3) is 5.69 Å². The SMILES string of the molecule is CCc1ccc(-n2nc(C(=O)NCC(C)NC)c3c2CCC3)cc1. The Morgan fingerprint density at radius 3 is 2.71 bits per heavy atom. The summed E-state index contributed by atoms with van der Waals surface area (Å²) in [5, 5.41) is 10.8. The number of carbonyl (C=O) groups excluding carboxylic acids is 1. The summed E-state index contributed by atoms with van der Waals surface area (Å²) in [7, 11) is 1.89. The zero-order valence-corrected chi connectivity index (χ0v) is 14.7. The minimum Gasteiger partial charge on any atom is -0.349 e. The number of hydrogen-bond donors (Lipinski definition) is 2. The topological polar surface area (TPSA) is 59.0 Å². The molecule has 1 aliphatic carbocycles. The Morgan fingerprint density at radius 1 is 1.29 bits per heavy atom. The van der Waals surface area contributed by atoms with Crippen molar-refractivity contribution in [3.63, 3.8) is 0 Å². The highest BCUT2D eigenvalue weighted by Gasteiger charge is 2.26. The van der Waals surface area contributed by atoms with Crippen LogP contribution >= 0.6 is 0 Å². The van der Waals surface area contributed by atoms with Gasteiger partial charge in [0.15, 0.2) is 5.69 Å². The van der Waals surface area contributed by atoms with E-state index >= 15 is 0 Å². The van der Waals surface area contributed by atoms with E-state index in [1.807, 2.05) is 18.7 Å². The van der Waals surface area contributed by atoms with Gasteiger partial charge in [0, 0.05) is 23.8 Å². The van der Waals surface area contributed by atoms with Gasteiger partial charge in [-0.25, -0.2) is 4.68 Å². The third-order valence-corrected chi connectivity index (χ3v) is 4.80. The average molecular weight is 326 g/mol. The maximum absolute atomic E-state index is 12.6. The Balaban J connectivity index is 1.88. The first-order valence-electron chi connectivity index (χ1n) is 8.79. The fourth-order valence-corrected chi connectivity index (χ4v) is 3.14. The Morgan fingerprint density at radius 2 is 2.04 bits per heavy atom. The van der Waals surface area contributed by atoms with Crippen molar-refractivity contribution in [2.24, 2.45) is 0 Å². The van der Waals surface area contributed by atoms with Gasteiger partial charge < -0.3 is 10.6 Å². The Labute approximate surface area is 143 Å². The molecule has 0 saturated heterocycles. The van der Waals surface area contributed by atoms with Gasteiger partial charge in [0.05, 0.1) is 5.69 Å². The molecule has 1 aliphatic rings. The summed E-state index contributed by atoms with van der Waals surface area (Å²) in [6.45, 7) is 4.79. The predicted octanol–water partition coefficient (Wildman–Crippen LogP) is 2.26. The number of aromatic nitrogens is 2. The van der Waals surface area contributed by atoms with Crippen molar-refractivity contribution in [1.29, 1.82) is 0 Å². The lowest BCUT2D eigenvalue weighted by molar-refractivity contribution is 0.0944.